The molecule has 2 aliphatic carbocycles. The van der Waals surface area contributed by atoms with E-state index in [0.29, 0.717) is 0 Å². The summed E-state index contributed by atoms with van der Waals surface area (Å²) < 4.78 is 0.522. The van der Waals surface area contributed by atoms with Gasteiger partial charge in [-0.25, -0.2) is 0 Å². The molecule has 0 amide bonds. The van der Waals surface area contributed by atoms with E-state index in [1.807, 2.05) is 0 Å². The Balaban J connectivity index is 2.61. The summed E-state index contributed by atoms with van der Waals surface area (Å²) in [7, 11) is 0. The van der Waals surface area contributed by atoms with Gasteiger partial charge in [-0.1, -0.05) is 0 Å². The summed E-state index contributed by atoms with van der Waals surface area (Å²) in [5, 5.41) is 0. The molecule has 0 saturated heterocycles. The van der Waals surface area contributed by atoms with E-state index in [0.717, 1.165) is 0 Å². The predicted molar refractivity (Wildman–Crippen MR) is 118 cm³/mol. The van der Waals surface area contributed by atoms with E-state index >= 15 is 0 Å². The van der Waals surface area contributed by atoms with Crippen LogP contribution in [-0.2, 0) is 22.9 Å². The maximum atomic E-state index is 2.68. The number of hydrogen-bond donors (Lipinski definition) is 0. The van der Waals surface area contributed by atoms with Gasteiger partial charge in [-0.3, -0.25) is 0 Å². The molecule has 1 heteroatoms. The molecule has 2 atom stereocenters. The Morgan fingerprint density at radius 1 is 0.556 bits per heavy atom. The van der Waals surface area contributed by atoms with Crippen molar-refractivity contribution in [3.63, 3.8) is 0 Å². The molecule has 0 heterocycles. The first kappa shape index (κ1) is 23.1. The SMILES string of the molecule is CC(C)(C)C1=C[C]([Hf][C]2(C(C)(C)C)C=CC(C(C)(C)C)=C2)(C(C)(C)C)C=C1. The topological polar surface area (TPSA) is 0 Å². The van der Waals surface area contributed by atoms with Crippen LogP contribution in [0.25, 0.3) is 0 Å². The molecule has 0 aromatic rings. The van der Waals surface area contributed by atoms with E-state index in [9.17, 15) is 0 Å². The van der Waals surface area contributed by atoms with Gasteiger partial charge >= 0.3 is 182 Å². The van der Waals surface area contributed by atoms with E-state index in [4.69, 9.17) is 0 Å². The summed E-state index contributed by atoms with van der Waals surface area (Å²) >= 11 is -1.24. The molecular formula is C26H42Hf. The molecule has 27 heavy (non-hydrogen) atoms. The molecular weight excluding hydrogens is 491 g/mol. The standard InChI is InChI=1S/2C13H21.Hf/c2*1-12(2,3)10-7-8-11(9-10)13(4,5)6;/h2*7-9H,1-6H3;. The van der Waals surface area contributed by atoms with Crippen LogP contribution in [0.2, 0.25) is 6.34 Å². The molecule has 150 valence electrons. The van der Waals surface area contributed by atoms with Crippen LogP contribution in [0.5, 0.6) is 0 Å². The molecule has 2 rings (SSSR count). The maximum absolute atomic E-state index is 2.68. The van der Waals surface area contributed by atoms with Crippen molar-refractivity contribution in [2.75, 3.05) is 0 Å². The zero-order chi connectivity index (χ0) is 21.1. The van der Waals surface area contributed by atoms with E-state index in [2.05, 4.69) is 120 Å². The van der Waals surface area contributed by atoms with Gasteiger partial charge in [0.25, 0.3) is 0 Å². The quantitative estimate of drug-likeness (QED) is 0.312. The number of rotatable bonds is 2. The van der Waals surface area contributed by atoms with E-state index in [-0.39, 0.29) is 28.0 Å². The molecule has 0 spiro atoms. The third-order valence-electron chi connectivity index (χ3n) is 6.45. The molecule has 0 fully saturated rings. The Hall–Kier alpha value is -0.170. The van der Waals surface area contributed by atoms with Crippen LogP contribution in [0, 0.1) is 21.7 Å². The van der Waals surface area contributed by atoms with Crippen molar-refractivity contribution in [2.45, 2.75) is 89.4 Å². The summed E-state index contributed by atoms with van der Waals surface area (Å²) in [4.78, 5) is 0. The molecule has 0 N–H and O–H groups in total. The van der Waals surface area contributed by atoms with Crippen molar-refractivity contribution < 1.29 is 22.9 Å². The molecule has 0 saturated carbocycles. The molecule has 0 aliphatic heterocycles. The second-order valence-electron chi connectivity index (χ2n) is 12.7. The second-order valence-corrected chi connectivity index (χ2v) is 19.6. The first-order chi connectivity index (χ1) is 11.8. The van der Waals surface area contributed by atoms with Crippen molar-refractivity contribution in [2.24, 2.45) is 21.7 Å². The van der Waals surface area contributed by atoms with Crippen LogP contribution < -0.4 is 0 Å². The third kappa shape index (κ3) is 4.39. The van der Waals surface area contributed by atoms with E-state index < -0.39 is 22.9 Å². The molecule has 2 unspecified atom stereocenters. The summed E-state index contributed by atoms with van der Waals surface area (Å²) in [6.07, 6.45) is 15.5. The monoisotopic (exact) mass is 534 g/mol. The molecule has 0 bridgehead atoms. The van der Waals surface area contributed by atoms with Crippen LogP contribution in [0.4, 0.5) is 0 Å². The molecule has 0 aromatic heterocycles. The van der Waals surface area contributed by atoms with Crippen molar-refractivity contribution >= 4 is 0 Å². The Morgan fingerprint density at radius 2 is 0.852 bits per heavy atom. The summed E-state index contributed by atoms with van der Waals surface area (Å²) in [6.45, 7) is 28.8. The summed E-state index contributed by atoms with van der Waals surface area (Å²) in [5.41, 5.74) is 4.00. The summed E-state index contributed by atoms with van der Waals surface area (Å²) in [6, 6.07) is 0. The number of allylic oxidation sites excluding steroid dienone is 8. The molecule has 0 radical (unpaired) electrons. The predicted octanol–water partition coefficient (Wildman–Crippen LogP) is 8.56. The fourth-order valence-electron chi connectivity index (χ4n) is 3.86. The van der Waals surface area contributed by atoms with Crippen LogP contribution in [0.1, 0.15) is 83.1 Å². The average molecular weight is 533 g/mol. The number of hydrogen-bond acceptors (Lipinski definition) is 0. The Bertz CT molecular complexity index is 639. The van der Waals surface area contributed by atoms with Crippen molar-refractivity contribution in [3.8, 4) is 0 Å². The van der Waals surface area contributed by atoms with E-state index in [1.54, 1.807) is 0 Å². The van der Waals surface area contributed by atoms with Gasteiger partial charge in [0.15, 0.2) is 0 Å². The van der Waals surface area contributed by atoms with Crippen molar-refractivity contribution in [1.82, 2.24) is 0 Å². The van der Waals surface area contributed by atoms with E-state index in [1.165, 1.54) is 11.1 Å². The van der Waals surface area contributed by atoms with Crippen molar-refractivity contribution in [1.29, 1.82) is 0 Å². The first-order valence-corrected chi connectivity index (χ1v) is 14.1. The minimum absolute atomic E-state index is 0.222. The van der Waals surface area contributed by atoms with Crippen LogP contribution >= 0.6 is 0 Å². The summed E-state index contributed by atoms with van der Waals surface area (Å²) in [5.74, 6) is 0. The van der Waals surface area contributed by atoms with Gasteiger partial charge in [0.05, 0.1) is 0 Å². The molecule has 0 aromatic carbocycles. The first-order valence-electron chi connectivity index (χ1n) is 10.5. The van der Waals surface area contributed by atoms with Gasteiger partial charge < -0.3 is 0 Å². The average Bonchev–Trinajstić information content (AvgIpc) is 3.02. The normalized spacial score (nSPS) is 29.2. The van der Waals surface area contributed by atoms with Gasteiger partial charge in [0.1, 0.15) is 0 Å². The zero-order valence-corrected chi connectivity index (χ0v) is 23.6. The Morgan fingerprint density at radius 3 is 1.04 bits per heavy atom. The van der Waals surface area contributed by atoms with Gasteiger partial charge in [-0.2, -0.15) is 0 Å². The van der Waals surface area contributed by atoms with Crippen LogP contribution in [0.15, 0.2) is 47.6 Å². The third-order valence-corrected chi connectivity index (χ3v) is 17.0. The van der Waals surface area contributed by atoms with Gasteiger partial charge in [-0.05, 0) is 0 Å². The van der Waals surface area contributed by atoms with Crippen LogP contribution in [0.3, 0.4) is 0 Å². The molecule has 0 nitrogen and oxygen atoms in total. The Kier molecular flexibility index (Phi) is 5.72. The van der Waals surface area contributed by atoms with Gasteiger partial charge in [0, 0.05) is 0 Å². The van der Waals surface area contributed by atoms with Gasteiger partial charge in [-0.15, -0.1) is 0 Å². The fraction of sp³-hybridized carbons (Fsp3) is 0.692. The minimum atomic E-state index is -1.24. The fourth-order valence-corrected chi connectivity index (χ4v) is 11.9. The Labute approximate surface area is 181 Å². The zero-order valence-electron chi connectivity index (χ0n) is 20.0. The van der Waals surface area contributed by atoms with Crippen LogP contribution in [-0.4, -0.2) is 0 Å². The second kappa shape index (κ2) is 6.68. The molecule has 2 aliphatic rings. The van der Waals surface area contributed by atoms with Crippen molar-refractivity contribution in [3.05, 3.63) is 47.6 Å². The van der Waals surface area contributed by atoms with Gasteiger partial charge in [0.2, 0.25) is 0 Å².